The minimum atomic E-state index is 0.0133. The second kappa shape index (κ2) is 6.63. The van der Waals surface area contributed by atoms with Crippen LogP contribution in [0.15, 0.2) is 30.9 Å². The van der Waals surface area contributed by atoms with Crippen LogP contribution < -0.4 is 5.32 Å². The standard InChI is InChI=1S/C20H23N7O/c1-12-8-16-14(9-23-26(16)5)13(2)18(12)24-20-19-15(6-7-21-20)27(11-22-19)10-17(28)25(3)4/h6-9,11H,10H2,1-5H3,(H,21,24). The van der Waals surface area contributed by atoms with E-state index < -0.39 is 0 Å². The SMILES string of the molecule is Cc1cc2c(cnn2C)c(C)c1Nc1nccc2c1ncn2CC(=O)N(C)C. The third kappa shape index (κ3) is 2.87. The Morgan fingerprint density at radius 2 is 2.00 bits per heavy atom. The highest BCUT2D eigenvalue weighted by Crippen LogP contribution is 2.32. The lowest BCUT2D eigenvalue weighted by Gasteiger charge is -2.14. The first-order chi connectivity index (χ1) is 13.4. The molecule has 4 aromatic rings. The fraction of sp³-hybridized carbons (Fsp3) is 0.300. The number of rotatable bonds is 4. The number of carbonyl (C=O) groups is 1. The second-order valence-corrected chi connectivity index (χ2v) is 7.21. The van der Waals surface area contributed by atoms with Crippen molar-refractivity contribution in [2.45, 2.75) is 20.4 Å². The van der Waals surface area contributed by atoms with E-state index in [4.69, 9.17) is 0 Å². The van der Waals surface area contributed by atoms with Gasteiger partial charge in [0.05, 0.1) is 23.6 Å². The van der Waals surface area contributed by atoms with E-state index in [0.29, 0.717) is 5.82 Å². The summed E-state index contributed by atoms with van der Waals surface area (Å²) < 4.78 is 3.72. The molecule has 0 spiro atoms. The lowest BCUT2D eigenvalue weighted by atomic mass is 10.0. The van der Waals surface area contributed by atoms with Crippen molar-refractivity contribution < 1.29 is 4.79 Å². The van der Waals surface area contributed by atoms with E-state index in [1.165, 1.54) is 0 Å². The predicted octanol–water partition coefficient (Wildman–Crippen LogP) is 2.77. The summed E-state index contributed by atoms with van der Waals surface area (Å²) in [6, 6.07) is 3.99. The molecule has 3 aromatic heterocycles. The van der Waals surface area contributed by atoms with Crippen molar-refractivity contribution in [1.82, 2.24) is 29.2 Å². The highest BCUT2D eigenvalue weighted by Gasteiger charge is 2.15. The van der Waals surface area contributed by atoms with Crippen LogP contribution in [0.3, 0.4) is 0 Å². The fourth-order valence-corrected chi connectivity index (χ4v) is 3.42. The maximum atomic E-state index is 12.1. The number of fused-ring (bicyclic) bond motifs is 2. The number of benzene rings is 1. The second-order valence-electron chi connectivity index (χ2n) is 7.21. The average Bonchev–Trinajstić information content (AvgIpc) is 3.23. The van der Waals surface area contributed by atoms with Gasteiger partial charge in [-0.15, -0.1) is 0 Å². The number of anilines is 2. The molecule has 0 unspecified atom stereocenters. The molecule has 0 aliphatic rings. The molecule has 0 radical (unpaired) electrons. The number of pyridine rings is 1. The van der Waals surface area contributed by atoms with Crippen LogP contribution in [-0.2, 0) is 18.4 Å². The van der Waals surface area contributed by atoms with E-state index in [-0.39, 0.29) is 12.5 Å². The van der Waals surface area contributed by atoms with Crippen LogP contribution in [0.1, 0.15) is 11.1 Å². The predicted molar refractivity (Wildman–Crippen MR) is 110 cm³/mol. The van der Waals surface area contributed by atoms with Crippen LogP contribution in [0.2, 0.25) is 0 Å². The number of nitrogens with one attached hydrogen (secondary N) is 1. The summed E-state index contributed by atoms with van der Waals surface area (Å²) in [6.45, 7) is 4.39. The monoisotopic (exact) mass is 377 g/mol. The Morgan fingerprint density at radius 1 is 1.21 bits per heavy atom. The first-order valence-corrected chi connectivity index (χ1v) is 9.05. The van der Waals surface area contributed by atoms with Crippen LogP contribution in [0.5, 0.6) is 0 Å². The van der Waals surface area contributed by atoms with Gasteiger partial charge in [-0.25, -0.2) is 9.97 Å². The van der Waals surface area contributed by atoms with Gasteiger partial charge in [0.2, 0.25) is 5.91 Å². The Labute approximate surface area is 162 Å². The van der Waals surface area contributed by atoms with Crippen molar-refractivity contribution in [3.8, 4) is 0 Å². The van der Waals surface area contributed by atoms with Crippen LogP contribution in [0, 0.1) is 13.8 Å². The number of hydrogen-bond donors (Lipinski definition) is 1. The van der Waals surface area contributed by atoms with Gasteiger partial charge in [0.1, 0.15) is 12.1 Å². The molecule has 1 amide bonds. The zero-order chi connectivity index (χ0) is 20.0. The van der Waals surface area contributed by atoms with Gasteiger partial charge in [-0.1, -0.05) is 0 Å². The molecule has 144 valence electrons. The smallest absolute Gasteiger partial charge is 0.242 e. The minimum absolute atomic E-state index is 0.0133. The fourth-order valence-electron chi connectivity index (χ4n) is 3.42. The van der Waals surface area contributed by atoms with Crippen molar-refractivity contribution in [3.63, 3.8) is 0 Å². The number of carbonyl (C=O) groups excluding carboxylic acids is 1. The molecule has 0 saturated carbocycles. The molecule has 28 heavy (non-hydrogen) atoms. The molecule has 4 rings (SSSR count). The molecular formula is C20H23N7O. The number of amides is 1. The maximum absolute atomic E-state index is 12.1. The lowest BCUT2D eigenvalue weighted by molar-refractivity contribution is -0.129. The van der Waals surface area contributed by atoms with Crippen LogP contribution in [0.25, 0.3) is 21.9 Å². The number of nitrogens with zero attached hydrogens (tertiary/aromatic N) is 6. The Balaban J connectivity index is 1.76. The van der Waals surface area contributed by atoms with Crippen molar-refractivity contribution >= 4 is 39.3 Å². The third-order valence-corrected chi connectivity index (χ3v) is 5.10. The third-order valence-electron chi connectivity index (χ3n) is 5.10. The first kappa shape index (κ1) is 18.0. The number of likely N-dealkylation sites (N-methyl/N-ethyl adjacent to an activating group) is 1. The van der Waals surface area contributed by atoms with Crippen LogP contribution in [0.4, 0.5) is 11.5 Å². The molecule has 0 bridgehead atoms. The highest BCUT2D eigenvalue weighted by atomic mass is 16.2. The Hall–Kier alpha value is -3.42. The van der Waals surface area contributed by atoms with Gasteiger partial charge in [-0.2, -0.15) is 5.10 Å². The molecular weight excluding hydrogens is 354 g/mol. The average molecular weight is 377 g/mol. The summed E-state index contributed by atoms with van der Waals surface area (Å²) in [5.41, 5.74) is 5.92. The summed E-state index contributed by atoms with van der Waals surface area (Å²) in [5, 5.41) is 8.92. The minimum Gasteiger partial charge on any atom is -0.347 e. The summed E-state index contributed by atoms with van der Waals surface area (Å²) in [6.07, 6.45) is 5.30. The molecule has 8 nitrogen and oxygen atoms in total. The molecule has 1 N–H and O–H groups in total. The number of imidazole rings is 1. The van der Waals surface area contributed by atoms with Crippen LogP contribution in [-0.4, -0.2) is 49.2 Å². The Bertz CT molecular complexity index is 1200. The molecule has 0 fully saturated rings. The molecule has 8 heteroatoms. The van der Waals surface area contributed by atoms with Gasteiger partial charge in [-0.05, 0) is 37.1 Å². The molecule has 0 aliphatic carbocycles. The van der Waals surface area contributed by atoms with E-state index >= 15 is 0 Å². The van der Waals surface area contributed by atoms with Crippen molar-refractivity contribution in [1.29, 1.82) is 0 Å². The first-order valence-electron chi connectivity index (χ1n) is 9.05. The summed E-state index contributed by atoms with van der Waals surface area (Å²) >= 11 is 0. The topological polar surface area (TPSA) is 80.9 Å². The maximum Gasteiger partial charge on any atom is 0.242 e. The van der Waals surface area contributed by atoms with E-state index in [0.717, 1.165) is 38.8 Å². The quantitative estimate of drug-likeness (QED) is 0.591. The lowest BCUT2D eigenvalue weighted by Crippen LogP contribution is -2.25. The molecule has 1 aromatic carbocycles. The van der Waals surface area contributed by atoms with Crippen molar-refractivity contribution in [3.05, 3.63) is 42.0 Å². The zero-order valence-electron chi connectivity index (χ0n) is 16.7. The molecule has 0 saturated heterocycles. The number of aryl methyl sites for hydroxylation is 3. The van der Waals surface area contributed by atoms with Gasteiger partial charge >= 0.3 is 0 Å². The Kier molecular flexibility index (Phi) is 4.26. The van der Waals surface area contributed by atoms with Crippen molar-refractivity contribution in [2.24, 2.45) is 7.05 Å². The molecule has 3 heterocycles. The van der Waals surface area contributed by atoms with Gasteiger partial charge < -0.3 is 14.8 Å². The normalized spacial score (nSPS) is 11.3. The van der Waals surface area contributed by atoms with E-state index in [2.05, 4.69) is 40.3 Å². The van der Waals surface area contributed by atoms with E-state index in [1.807, 2.05) is 28.6 Å². The van der Waals surface area contributed by atoms with Gasteiger partial charge in [0.15, 0.2) is 5.82 Å². The van der Waals surface area contributed by atoms with Crippen LogP contribution >= 0.6 is 0 Å². The van der Waals surface area contributed by atoms with Crippen molar-refractivity contribution in [2.75, 3.05) is 19.4 Å². The van der Waals surface area contributed by atoms with E-state index in [1.54, 1.807) is 31.5 Å². The Morgan fingerprint density at radius 3 is 2.75 bits per heavy atom. The van der Waals surface area contributed by atoms with E-state index in [9.17, 15) is 4.79 Å². The zero-order valence-corrected chi connectivity index (χ0v) is 16.7. The summed E-state index contributed by atoms with van der Waals surface area (Å²) in [5.74, 6) is 0.683. The summed E-state index contributed by atoms with van der Waals surface area (Å²) in [4.78, 5) is 22.7. The van der Waals surface area contributed by atoms with Gasteiger partial charge in [0, 0.05) is 38.4 Å². The number of aromatic nitrogens is 5. The van der Waals surface area contributed by atoms with Gasteiger partial charge in [-0.3, -0.25) is 9.48 Å². The largest absolute Gasteiger partial charge is 0.347 e. The molecule has 0 aliphatic heterocycles. The highest BCUT2D eigenvalue weighted by molar-refractivity contribution is 5.93. The summed E-state index contributed by atoms with van der Waals surface area (Å²) in [7, 11) is 5.44. The number of hydrogen-bond acceptors (Lipinski definition) is 5. The van der Waals surface area contributed by atoms with Gasteiger partial charge in [0.25, 0.3) is 0 Å². The molecule has 0 atom stereocenters.